The van der Waals surface area contributed by atoms with E-state index in [0.717, 1.165) is 17.2 Å². The first-order valence-corrected chi connectivity index (χ1v) is 21.5. The second kappa shape index (κ2) is 20.6. The first-order chi connectivity index (χ1) is 26.9. The molecule has 1 fully saturated rings. The van der Waals surface area contributed by atoms with E-state index in [2.05, 4.69) is 47.0 Å². The number of nitrogens with zero attached hydrogens (tertiary/aromatic N) is 4. The van der Waals surface area contributed by atoms with Crippen molar-refractivity contribution in [1.29, 1.82) is 0 Å². The number of fused-ring (bicyclic) bond motifs is 1. The maximum absolute atomic E-state index is 12.6. The number of amides is 2. The van der Waals surface area contributed by atoms with E-state index in [1.54, 1.807) is 12.1 Å². The van der Waals surface area contributed by atoms with Gasteiger partial charge in [0, 0.05) is 30.7 Å². The maximum atomic E-state index is 12.6. The fraction of sp³-hybridized carbons (Fsp3) is 0.500. The minimum absolute atomic E-state index is 0.0363. The van der Waals surface area contributed by atoms with E-state index in [1.165, 1.54) is 26.0 Å². The molecule has 1 aliphatic rings. The number of imidazole rings is 1. The number of carboxylic acids is 1. The number of rotatable bonds is 19. The normalized spacial score (nSPS) is 20.9. The summed E-state index contributed by atoms with van der Waals surface area (Å²) in [4.78, 5) is 84.9. The lowest BCUT2D eigenvalue weighted by Gasteiger charge is -2.30. The summed E-state index contributed by atoms with van der Waals surface area (Å²) in [6, 6.07) is 5.81. The highest BCUT2D eigenvalue weighted by atomic mass is 32.1. The molecular weight excluding hydrogens is 863 g/mol. The molecule has 26 nitrogen and oxygen atoms in total. The van der Waals surface area contributed by atoms with Gasteiger partial charge in [-0.25, -0.2) is 33.4 Å². The number of phenols is 1. The van der Waals surface area contributed by atoms with Gasteiger partial charge in [-0.05, 0) is 12.1 Å². The molecule has 0 saturated carbocycles. The van der Waals surface area contributed by atoms with Gasteiger partial charge in [-0.3, -0.25) is 27.7 Å². The summed E-state index contributed by atoms with van der Waals surface area (Å²) in [6.45, 7) is 0.723. The van der Waals surface area contributed by atoms with Gasteiger partial charge in [0.2, 0.25) is 11.8 Å². The van der Waals surface area contributed by atoms with Crippen molar-refractivity contribution in [3.63, 3.8) is 0 Å². The van der Waals surface area contributed by atoms with Crippen LogP contribution in [-0.4, -0.2) is 134 Å². The third-order valence-electron chi connectivity index (χ3n) is 7.65. The highest BCUT2D eigenvalue weighted by Gasteiger charge is 2.50. The lowest BCUT2D eigenvalue weighted by Crippen LogP contribution is -2.46. The van der Waals surface area contributed by atoms with Crippen molar-refractivity contribution in [2.75, 3.05) is 37.8 Å². The number of aromatic nitrogens is 4. The number of carbonyl (C=O) groups excluding carboxylic acids is 2. The highest BCUT2D eigenvalue weighted by molar-refractivity contribution is 7.80. The van der Waals surface area contributed by atoms with E-state index in [-0.39, 0.29) is 47.2 Å². The van der Waals surface area contributed by atoms with Crippen molar-refractivity contribution in [2.45, 2.75) is 50.9 Å². The summed E-state index contributed by atoms with van der Waals surface area (Å²) in [5.74, 6) is -2.26. The van der Waals surface area contributed by atoms with Gasteiger partial charge in [-0.15, -0.1) is 0 Å². The molecule has 0 aliphatic carbocycles. The number of phosphoric ester groups is 3. The molecule has 30 heteroatoms. The molecule has 58 heavy (non-hydrogen) atoms. The molecule has 2 aromatic heterocycles. The molecule has 1 saturated heterocycles. The second-order valence-corrected chi connectivity index (χ2v) is 17.3. The first-order valence-electron chi connectivity index (χ1n) is 16.4. The Kier molecular flexibility index (Phi) is 17.3. The minimum atomic E-state index is -5.54. The van der Waals surface area contributed by atoms with Crippen LogP contribution >= 0.6 is 36.1 Å². The van der Waals surface area contributed by atoms with E-state index in [0.29, 0.717) is 12.3 Å². The number of thiol groups is 1. The number of aliphatic hydroxyl groups excluding tert-OH is 2. The number of benzene rings is 1. The number of nitrogens with one attached hydrogen (secondary N) is 2. The van der Waals surface area contributed by atoms with E-state index < -0.39 is 84.6 Å². The third-order valence-corrected chi connectivity index (χ3v) is 11.0. The topological polar surface area (TPSA) is 404 Å². The number of nitrogen functional groups attached to an aromatic ring is 1. The summed E-state index contributed by atoms with van der Waals surface area (Å²) >= 11 is 3.95. The van der Waals surface area contributed by atoms with Crippen LogP contribution in [0.5, 0.6) is 5.75 Å². The number of nitrogens with two attached hydrogens (primary N) is 1. The average molecular weight is 906 g/mol. The third kappa shape index (κ3) is 14.3. The number of ether oxygens (including phenoxy) is 1. The van der Waals surface area contributed by atoms with Crippen LogP contribution in [0.2, 0.25) is 0 Å². The number of aromatic carboxylic acids is 1. The van der Waals surface area contributed by atoms with Crippen LogP contribution < -0.4 is 16.4 Å². The van der Waals surface area contributed by atoms with Crippen LogP contribution in [0, 0.1) is 5.41 Å². The molecule has 1 aromatic carbocycles. The highest BCUT2D eigenvalue weighted by Crippen LogP contribution is 2.61. The molecule has 2 amide bonds. The van der Waals surface area contributed by atoms with Gasteiger partial charge < -0.3 is 61.1 Å². The molecule has 0 bridgehead atoms. The van der Waals surface area contributed by atoms with Crippen molar-refractivity contribution in [1.82, 2.24) is 30.2 Å². The van der Waals surface area contributed by atoms with Crippen LogP contribution in [0.3, 0.4) is 0 Å². The van der Waals surface area contributed by atoms with Gasteiger partial charge >= 0.3 is 29.4 Å². The smallest absolute Gasteiger partial charge is 0.481 e. The summed E-state index contributed by atoms with van der Waals surface area (Å²) in [5, 5.41) is 43.4. The summed E-state index contributed by atoms with van der Waals surface area (Å²) in [5.41, 5.74) is 4.23. The predicted molar refractivity (Wildman–Crippen MR) is 199 cm³/mol. The molecule has 4 rings (SSSR count). The number of para-hydroxylation sites is 1. The second-order valence-electron chi connectivity index (χ2n) is 12.6. The average Bonchev–Trinajstić information content (AvgIpc) is 3.69. The van der Waals surface area contributed by atoms with Crippen LogP contribution in [0.15, 0.2) is 36.9 Å². The largest absolute Gasteiger partial charge is 0.507 e. The number of anilines is 1. The Morgan fingerprint density at radius 3 is 2.29 bits per heavy atom. The van der Waals surface area contributed by atoms with E-state index in [4.69, 9.17) is 29.7 Å². The minimum Gasteiger partial charge on any atom is -0.507 e. The Morgan fingerprint density at radius 1 is 1.03 bits per heavy atom. The van der Waals surface area contributed by atoms with Crippen molar-refractivity contribution in [3.05, 3.63) is 42.5 Å². The number of carboxylic acid groups (broad SMARTS) is 1. The molecule has 0 radical (unpaired) electrons. The van der Waals surface area contributed by atoms with Gasteiger partial charge in [0.25, 0.3) is 0 Å². The van der Waals surface area contributed by atoms with Gasteiger partial charge in [-0.1, -0.05) is 26.0 Å². The molecule has 0 spiro atoms. The summed E-state index contributed by atoms with van der Waals surface area (Å²) in [6.07, 6.45) is -6.74. The SMILES string of the molecule is CC(C)(COP(=O)(O)OP(=O)(O)OC[C@H]1O[C@@H](n2cnc3c(N)ncnc32)[C@H](O)[C@@H]1OP(=O)(O)O)[C@@H](O)C(=O)NCCC(=O)NCCS.O=C(O)c1ccccc1O. The Morgan fingerprint density at radius 2 is 1.69 bits per heavy atom. The lowest BCUT2D eigenvalue weighted by molar-refractivity contribution is -0.137. The van der Waals surface area contributed by atoms with Crippen molar-refractivity contribution in [3.8, 4) is 5.75 Å². The number of phosphoric acid groups is 3. The Hall–Kier alpha value is -3.62. The lowest BCUT2D eigenvalue weighted by atomic mass is 9.87. The first kappa shape index (κ1) is 48.7. The predicted octanol–water partition coefficient (Wildman–Crippen LogP) is -0.575. The molecule has 12 N–H and O–H groups in total. The number of aromatic hydroxyl groups is 1. The standard InChI is InChI=1S/C21H36N7O16P3S.C7H6O3/c1-21(2,16(31)19(32)24-4-3-12(29)23-5-6-48)8-41-47(38,39)44-46(36,37)40-7-11-15(43-45(33,34)35)14(30)20(42-11)28-10-27-13-17(22)25-9-26-18(13)28;8-6-4-2-1-3-5(6)7(9)10/h9-11,14-16,20,30-31,48H,3-8H2,1-2H3,(H,23,29)(H,24,32)(H,36,37)(H,38,39)(H2,22,25,26)(H2,33,34,35);1-4,8H,(H,9,10)/t11-,14-,15-,16+,20-;/m1./s1. The van der Waals surface area contributed by atoms with E-state index in [9.17, 15) is 57.9 Å². The number of carbonyl (C=O) groups is 3. The number of hydrogen-bond donors (Lipinski definition) is 12. The van der Waals surface area contributed by atoms with Gasteiger partial charge in [0.1, 0.15) is 47.6 Å². The van der Waals surface area contributed by atoms with Crippen molar-refractivity contribution < 1.29 is 90.7 Å². The quantitative estimate of drug-likeness (QED) is 0.0529. The van der Waals surface area contributed by atoms with Gasteiger partial charge in [-0.2, -0.15) is 16.9 Å². The molecule has 3 aromatic rings. The fourth-order valence-electron chi connectivity index (χ4n) is 4.79. The van der Waals surface area contributed by atoms with Crippen molar-refractivity contribution in [2.24, 2.45) is 5.41 Å². The fourth-order valence-corrected chi connectivity index (χ4v) is 7.73. The zero-order chi connectivity index (χ0) is 43.6. The molecule has 2 unspecified atom stereocenters. The van der Waals surface area contributed by atoms with Crippen LogP contribution in [0.1, 0.15) is 36.9 Å². The maximum Gasteiger partial charge on any atom is 0.481 e. The molecular formula is C28H42N7O19P3S. The Labute approximate surface area is 333 Å². The zero-order valence-electron chi connectivity index (χ0n) is 30.3. The van der Waals surface area contributed by atoms with Crippen LogP contribution in [0.4, 0.5) is 5.82 Å². The van der Waals surface area contributed by atoms with Gasteiger partial charge in [0.15, 0.2) is 17.7 Å². The molecule has 1 aliphatic heterocycles. The molecule has 324 valence electrons. The molecule has 7 atom stereocenters. The Bertz CT molecular complexity index is 2050. The van der Waals surface area contributed by atoms with Crippen LogP contribution in [-0.2, 0) is 45.9 Å². The van der Waals surface area contributed by atoms with Gasteiger partial charge in [0.05, 0.1) is 19.5 Å². The monoisotopic (exact) mass is 905 g/mol. The van der Waals surface area contributed by atoms with E-state index in [1.807, 2.05) is 0 Å². The van der Waals surface area contributed by atoms with Crippen molar-refractivity contribution >= 4 is 70.9 Å². The molecule has 3 heterocycles. The van der Waals surface area contributed by atoms with Crippen LogP contribution in [0.25, 0.3) is 11.2 Å². The number of hydrogen-bond acceptors (Lipinski definition) is 19. The summed E-state index contributed by atoms with van der Waals surface area (Å²) in [7, 11) is -16.3. The Balaban J connectivity index is 0.000000781. The zero-order valence-corrected chi connectivity index (χ0v) is 33.9. The summed E-state index contributed by atoms with van der Waals surface area (Å²) < 4.78 is 61.7. The van der Waals surface area contributed by atoms with E-state index >= 15 is 0 Å². The number of aliphatic hydroxyl groups is 2.